The van der Waals surface area contributed by atoms with Crippen molar-refractivity contribution >= 4 is 39.1 Å². The maximum absolute atomic E-state index is 12.3. The lowest BCUT2D eigenvalue weighted by atomic mass is 10.2. The second-order valence-corrected chi connectivity index (χ2v) is 6.28. The van der Waals surface area contributed by atoms with Crippen LogP contribution in [0.2, 0.25) is 0 Å². The number of hydrogen-bond donors (Lipinski definition) is 1. The lowest BCUT2D eigenvalue weighted by molar-refractivity contribution is -0.120. The number of amides is 2. The molecule has 0 radical (unpaired) electrons. The van der Waals surface area contributed by atoms with E-state index in [9.17, 15) is 9.59 Å². The number of anilines is 2. The summed E-state index contributed by atoms with van der Waals surface area (Å²) in [6.45, 7) is 5.31. The Balaban J connectivity index is 2.18. The first-order valence-corrected chi connectivity index (χ1v) is 8.07. The summed E-state index contributed by atoms with van der Waals surface area (Å²) in [4.78, 5) is 25.7. The van der Waals surface area contributed by atoms with E-state index in [1.54, 1.807) is 0 Å². The molecule has 0 atom stereocenters. The van der Waals surface area contributed by atoms with Crippen LogP contribution in [0.1, 0.15) is 18.1 Å². The van der Waals surface area contributed by atoms with E-state index in [2.05, 4.69) is 21.2 Å². The number of nitrogens with zero attached hydrogens (tertiary/aromatic N) is 1. The normalized spacial score (nSPS) is 10.3. The maximum atomic E-state index is 12.3. The fourth-order valence-electron chi connectivity index (χ4n) is 2.24. The van der Waals surface area contributed by atoms with Gasteiger partial charge in [-0.2, -0.15) is 0 Å². The van der Waals surface area contributed by atoms with Gasteiger partial charge in [-0.05, 0) is 59.1 Å². The molecule has 2 aromatic carbocycles. The van der Waals surface area contributed by atoms with Crippen molar-refractivity contribution in [2.45, 2.75) is 20.8 Å². The van der Waals surface area contributed by atoms with E-state index in [1.807, 2.05) is 56.3 Å². The molecule has 0 spiro atoms. The largest absolute Gasteiger partial charge is 0.324 e. The number of hydrogen-bond acceptors (Lipinski definition) is 2. The molecular formula is C18H19BrN2O2. The Bertz CT molecular complexity index is 744. The minimum Gasteiger partial charge on any atom is -0.324 e. The van der Waals surface area contributed by atoms with Crippen LogP contribution in [0.3, 0.4) is 0 Å². The molecule has 0 saturated heterocycles. The monoisotopic (exact) mass is 374 g/mol. The average Bonchev–Trinajstić information content (AvgIpc) is 2.48. The summed E-state index contributed by atoms with van der Waals surface area (Å²) >= 11 is 3.46. The number of nitrogens with one attached hydrogen (secondary N) is 1. The maximum Gasteiger partial charge on any atom is 0.244 e. The summed E-state index contributed by atoms with van der Waals surface area (Å²) in [7, 11) is 0. The van der Waals surface area contributed by atoms with Crippen LogP contribution in [0.25, 0.3) is 0 Å². The highest BCUT2D eigenvalue weighted by atomic mass is 79.9. The van der Waals surface area contributed by atoms with E-state index in [1.165, 1.54) is 11.8 Å². The van der Waals surface area contributed by atoms with Gasteiger partial charge in [0, 0.05) is 17.1 Å². The average molecular weight is 375 g/mol. The van der Waals surface area contributed by atoms with Crippen LogP contribution in [-0.4, -0.2) is 18.4 Å². The number of carbonyl (C=O) groups is 2. The Labute approximate surface area is 144 Å². The SMILES string of the molecule is CC(=O)N(CC(=O)Nc1ccccc1C)c1ccc(C)cc1Br. The Kier molecular flexibility index (Phi) is 5.55. The Hall–Kier alpha value is -2.14. The van der Waals surface area contributed by atoms with Gasteiger partial charge in [0.15, 0.2) is 0 Å². The lowest BCUT2D eigenvalue weighted by Crippen LogP contribution is -2.37. The molecule has 0 fully saturated rings. The zero-order valence-corrected chi connectivity index (χ0v) is 15.0. The molecule has 0 bridgehead atoms. The predicted molar refractivity (Wildman–Crippen MR) is 96.7 cm³/mol. The van der Waals surface area contributed by atoms with Gasteiger partial charge < -0.3 is 10.2 Å². The highest BCUT2D eigenvalue weighted by Gasteiger charge is 2.18. The standard InChI is InChI=1S/C18H19BrN2O2/c1-12-8-9-17(15(19)10-12)21(14(3)22)11-18(23)20-16-7-5-4-6-13(16)2/h4-10H,11H2,1-3H3,(H,20,23). The third kappa shape index (κ3) is 4.42. The van der Waals surface area contributed by atoms with Crippen molar-refractivity contribution < 1.29 is 9.59 Å². The molecule has 2 aromatic rings. The second kappa shape index (κ2) is 7.42. The minimum absolute atomic E-state index is 0.0364. The topological polar surface area (TPSA) is 49.4 Å². The molecule has 0 aliphatic heterocycles. The predicted octanol–water partition coefficient (Wildman–Crippen LogP) is 4.06. The molecule has 23 heavy (non-hydrogen) atoms. The van der Waals surface area contributed by atoms with Crippen molar-refractivity contribution in [1.82, 2.24) is 0 Å². The van der Waals surface area contributed by atoms with Crippen LogP contribution >= 0.6 is 15.9 Å². The molecule has 0 heterocycles. The van der Waals surface area contributed by atoms with Crippen LogP contribution in [-0.2, 0) is 9.59 Å². The van der Waals surface area contributed by atoms with Gasteiger partial charge in [0.05, 0.1) is 5.69 Å². The first-order chi connectivity index (χ1) is 10.9. The van der Waals surface area contributed by atoms with E-state index in [0.29, 0.717) is 5.69 Å². The molecule has 1 N–H and O–H groups in total. The molecule has 120 valence electrons. The first-order valence-electron chi connectivity index (χ1n) is 7.28. The first kappa shape index (κ1) is 17.2. The summed E-state index contributed by atoms with van der Waals surface area (Å²) in [6.07, 6.45) is 0. The molecule has 2 rings (SSSR count). The van der Waals surface area contributed by atoms with Crippen molar-refractivity contribution in [2.24, 2.45) is 0 Å². The van der Waals surface area contributed by atoms with E-state index in [0.717, 1.165) is 21.3 Å². The van der Waals surface area contributed by atoms with Crippen molar-refractivity contribution in [3.05, 3.63) is 58.1 Å². The number of aryl methyl sites for hydroxylation is 2. The highest BCUT2D eigenvalue weighted by Crippen LogP contribution is 2.27. The smallest absolute Gasteiger partial charge is 0.244 e. The van der Waals surface area contributed by atoms with Crippen LogP contribution in [0.15, 0.2) is 46.9 Å². The zero-order chi connectivity index (χ0) is 17.0. The molecule has 0 unspecified atom stereocenters. The molecule has 4 nitrogen and oxygen atoms in total. The summed E-state index contributed by atoms with van der Waals surface area (Å²) in [5.41, 5.74) is 3.49. The summed E-state index contributed by atoms with van der Waals surface area (Å²) in [5, 5.41) is 2.85. The van der Waals surface area contributed by atoms with Gasteiger partial charge in [-0.3, -0.25) is 9.59 Å². The van der Waals surface area contributed by atoms with E-state index in [4.69, 9.17) is 0 Å². The van der Waals surface area contributed by atoms with Crippen molar-refractivity contribution in [1.29, 1.82) is 0 Å². The Morgan fingerprint density at radius 2 is 1.83 bits per heavy atom. The Morgan fingerprint density at radius 1 is 1.13 bits per heavy atom. The van der Waals surface area contributed by atoms with Crippen LogP contribution < -0.4 is 10.2 Å². The van der Waals surface area contributed by atoms with E-state index >= 15 is 0 Å². The Morgan fingerprint density at radius 3 is 2.43 bits per heavy atom. The summed E-state index contributed by atoms with van der Waals surface area (Å²) in [5.74, 6) is -0.420. The fourth-order valence-corrected chi connectivity index (χ4v) is 2.95. The molecule has 0 saturated carbocycles. The third-order valence-corrected chi connectivity index (χ3v) is 4.13. The molecule has 0 aliphatic rings. The van der Waals surface area contributed by atoms with Crippen molar-refractivity contribution in [3.8, 4) is 0 Å². The van der Waals surface area contributed by atoms with Crippen molar-refractivity contribution in [2.75, 3.05) is 16.8 Å². The second-order valence-electron chi connectivity index (χ2n) is 5.42. The quantitative estimate of drug-likeness (QED) is 0.876. The highest BCUT2D eigenvalue weighted by molar-refractivity contribution is 9.10. The van der Waals surface area contributed by atoms with Crippen LogP contribution in [0.5, 0.6) is 0 Å². The fraction of sp³-hybridized carbons (Fsp3) is 0.222. The van der Waals surface area contributed by atoms with Crippen LogP contribution in [0, 0.1) is 13.8 Å². The van der Waals surface area contributed by atoms with Gasteiger partial charge in [0.2, 0.25) is 11.8 Å². The molecule has 5 heteroatoms. The number of para-hydroxylation sites is 1. The van der Waals surface area contributed by atoms with Gasteiger partial charge in [0.1, 0.15) is 6.54 Å². The lowest BCUT2D eigenvalue weighted by Gasteiger charge is -2.22. The number of rotatable bonds is 4. The number of halogens is 1. The van der Waals surface area contributed by atoms with Gasteiger partial charge in [0.25, 0.3) is 0 Å². The molecule has 0 aromatic heterocycles. The summed E-state index contributed by atoms with van der Waals surface area (Å²) < 4.78 is 0.788. The van der Waals surface area contributed by atoms with Crippen LogP contribution in [0.4, 0.5) is 11.4 Å². The van der Waals surface area contributed by atoms with E-state index < -0.39 is 0 Å². The molecular weight excluding hydrogens is 356 g/mol. The number of carbonyl (C=O) groups excluding carboxylic acids is 2. The van der Waals surface area contributed by atoms with E-state index in [-0.39, 0.29) is 18.4 Å². The zero-order valence-electron chi connectivity index (χ0n) is 13.4. The minimum atomic E-state index is -0.234. The third-order valence-electron chi connectivity index (χ3n) is 3.49. The van der Waals surface area contributed by atoms with Gasteiger partial charge >= 0.3 is 0 Å². The summed E-state index contributed by atoms with van der Waals surface area (Å²) in [6, 6.07) is 13.2. The van der Waals surface area contributed by atoms with Gasteiger partial charge in [-0.25, -0.2) is 0 Å². The van der Waals surface area contributed by atoms with Gasteiger partial charge in [-0.15, -0.1) is 0 Å². The number of benzene rings is 2. The molecule has 2 amide bonds. The van der Waals surface area contributed by atoms with Gasteiger partial charge in [-0.1, -0.05) is 24.3 Å². The van der Waals surface area contributed by atoms with Crippen molar-refractivity contribution in [3.63, 3.8) is 0 Å². The molecule has 0 aliphatic carbocycles.